The summed E-state index contributed by atoms with van der Waals surface area (Å²) in [5.74, 6) is -0.651. The largest absolute Gasteiger partial charge is 0.471 e. The smallest absolute Gasteiger partial charge is 0.254 e. The van der Waals surface area contributed by atoms with E-state index in [1.54, 1.807) is 13.2 Å². The number of nitrogens with two attached hydrogens (primary N) is 1. The Hall–Kier alpha value is -2.55. The Morgan fingerprint density at radius 3 is 3.04 bits per heavy atom. The number of carbonyl (C=O) groups is 1. The molecular formula is C14H17FN6O2. The lowest BCUT2D eigenvalue weighted by Gasteiger charge is -2.27. The van der Waals surface area contributed by atoms with Crippen LogP contribution in [-0.2, 0) is 7.05 Å². The van der Waals surface area contributed by atoms with Gasteiger partial charge in [-0.2, -0.15) is 0 Å². The number of amides is 1. The van der Waals surface area contributed by atoms with Crippen molar-refractivity contribution in [3.05, 3.63) is 24.0 Å². The van der Waals surface area contributed by atoms with Gasteiger partial charge < -0.3 is 15.8 Å². The summed E-state index contributed by atoms with van der Waals surface area (Å²) in [6.07, 6.45) is 1.87. The lowest BCUT2D eigenvalue weighted by molar-refractivity contribution is 0.0676. The van der Waals surface area contributed by atoms with Crippen LogP contribution in [-0.4, -0.2) is 51.3 Å². The Morgan fingerprint density at radius 2 is 2.39 bits per heavy atom. The molecule has 1 fully saturated rings. The summed E-state index contributed by atoms with van der Waals surface area (Å²) in [6.45, 7) is 0.864. The van der Waals surface area contributed by atoms with Crippen LogP contribution in [0.5, 0.6) is 5.88 Å². The van der Waals surface area contributed by atoms with E-state index in [9.17, 15) is 9.18 Å². The van der Waals surface area contributed by atoms with Crippen molar-refractivity contribution in [2.45, 2.75) is 18.7 Å². The number of aromatic nitrogens is 4. The third kappa shape index (κ3) is 3.29. The highest BCUT2D eigenvalue weighted by atomic mass is 19.1. The van der Waals surface area contributed by atoms with Crippen molar-refractivity contribution in [2.24, 2.45) is 12.8 Å². The van der Waals surface area contributed by atoms with Crippen molar-refractivity contribution in [1.82, 2.24) is 25.3 Å². The minimum Gasteiger partial charge on any atom is -0.471 e. The number of piperidine rings is 1. The Labute approximate surface area is 131 Å². The predicted molar refractivity (Wildman–Crippen MR) is 79.6 cm³/mol. The van der Waals surface area contributed by atoms with E-state index in [0.29, 0.717) is 24.2 Å². The molecule has 3 N–H and O–H groups in total. The van der Waals surface area contributed by atoms with Gasteiger partial charge in [-0.15, -0.1) is 5.10 Å². The number of nitrogens with one attached hydrogen (secondary N) is 1. The monoisotopic (exact) mass is 320 g/mol. The van der Waals surface area contributed by atoms with Crippen molar-refractivity contribution in [3.8, 4) is 17.1 Å². The molecule has 9 heteroatoms. The maximum Gasteiger partial charge on any atom is 0.254 e. The Kier molecular flexibility index (Phi) is 4.20. The number of aryl methyl sites for hydroxylation is 1. The van der Waals surface area contributed by atoms with E-state index in [2.05, 4.69) is 20.6 Å². The molecule has 1 aliphatic rings. The molecule has 0 aliphatic carbocycles. The second-order valence-corrected chi connectivity index (χ2v) is 5.38. The number of alkyl halides is 1. The van der Waals surface area contributed by atoms with Gasteiger partial charge >= 0.3 is 0 Å². The number of pyridine rings is 1. The molecule has 0 aromatic carbocycles. The highest BCUT2D eigenvalue weighted by molar-refractivity contribution is 5.96. The summed E-state index contributed by atoms with van der Waals surface area (Å²) in [5.41, 5.74) is 6.64. The number of ether oxygens (including phenoxy) is 1. The molecule has 1 amide bonds. The van der Waals surface area contributed by atoms with E-state index in [-0.39, 0.29) is 18.0 Å². The fourth-order valence-corrected chi connectivity index (χ4v) is 2.42. The number of hydrogen-bond acceptors (Lipinski definition) is 6. The standard InChI is InChI=1S/C14H17FN6O2/c1-21-7-11(19-20-21)8-4-9(13(16)22)14(18-5-8)23-12-2-3-17-6-10(12)15/h4-5,7,10,12,17H,2-3,6H2,1H3,(H2,16,22)/t10-,12+/m0/s1. The molecule has 3 rings (SSSR count). The zero-order chi connectivity index (χ0) is 16.4. The van der Waals surface area contributed by atoms with Crippen LogP contribution < -0.4 is 15.8 Å². The van der Waals surface area contributed by atoms with Crippen LogP contribution in [0.4, 0.5) is 4.39 Å². The molecule has 122 valence electrons. The van der Waals surface area contributed by atoms with E-state index < -0.39 is 18.2 Å². The molecule has 0 bridgehead atoms. The lowest BCUT2D eigenvalue weighted by Crippen LogP contribution is -2.44. The number of nitrogens with zero attached hydrogens (tertiary/aromatic N) is 4. The first-order valence-corrected chi connectivity index (χ1v) is 7.22. The molecular weight excluding hydrogens is 303 g/mol. The average molecular weight is 320 g/mol. The van der Waals surface area contributed by atoms with Gasteiger partial charge in [-0.25, -0.2) is 9.37 Å². The molecule has 0 spiro atoms. The number of rotatable bonds is 4. The van der Waals surface area contributed by atoms with Crippen molar-refractivity contribution >= 4 is 5.91 Å². The molecule has 2 atom stereocenters. The first-order valence-electron chi connectivity index (χ1n) is 7.22. The second kappa shape index (κ2) is 6.29. The van der Waals surface area contributed by atoms with Crippen molar-refractivity contribution in [2.75, 3.05) is 13.1 Å². The minimum atomic E-state index is -1.16. The molecule has 2 aromatic rings. The summed E-state index contributed by atoms with van der Waals surface area (Å²) < 4.78 is 21.0. The Balaban J connectivity index is 1.89. The van der Waals surface area contributed by atoms with Gasteiger partial charge in [-0.3, -0.25) is 9.48 Å². The van der Waals surface area contributed by atoms with Crippen molar-refractivity contribution < 1.29 is 13.9 Å². The molecule has 23 heavy (non-hydrogen) atoms. The SMILES string of the molecule is Cn1cc(-c2cnc(O[C@@H]3CCNC[C@@H]3F)c(C(N)=O)c2)nn1. The highest BCUT2D eigenvalue weighted by Crippen LogP contribution is 2.25. The quantitative estimate of drug-likeness (QED) is 0.824. The van der Waals surface area contributed by atoms with Crippen LogP contribution in [0, 0.1) is 0 Å². The molecule has 3 heterocycles. The first kappa shape index (κ1) is 15.3. The van der Waals surface area contributed by atoms with E-state index in [1.165, 1.54) is 16.9 Å². The topological polar surface area (TPSA) is 108 Å². The van der Waals surface area contributed by atoms with Crippen LogP contribution in [0.2, 0.25) is 0 Å². The van der Waals surface area contributed by atoms with Gasteiger partial charge in [-0.1, -0.05) is 5.21 Å². The Bertz CT molecular complexity index is 719. The average Bonchev–Trinajstić information content (AvgIpc) is 2.96. The van der Waals surface area contributed by atoms with Crippen LogP contribution in [0.3, 0.4) is 0 Å². The minimum absolute atomic E-state index is 0.0414. The number of primary amides is 1. The van der Waals surface area contributed by atoms with Crippen LogP contribution in [0.15, 0.2) is 18.5 Å². The Morgan fingerprint density at radius 1 is 1.57 bits per heavy atom. The third-order valence-electron chi connectivity index (χ3n) is 3.63. The fourth-order valence-electron chi connectivity index (χ4n) is 2.42. The van der Waals surface area contributed by atoms with Gasteiger partial charge in [0.2, 0.25) is 5.88 Å². The zero-order valence-corrected chi connectivity index (χ0v) is 12.6. The first-order chi connectivity index (χ1) is 11.0. The van der Waals surface area contributed by atoms with Gasteiger partial charge in [0.05, 0.1) is 6.20 Å². The molecule has 1 saturated heterocycles. The van der Waals surface area contributed by atoms with Gasteiger partial charge in [0.15, 0.2) is 0 Å². The molecule has 0 saturated carbocycles. The number of halogens is 1. The third-order valence-corrected chi connectivity index (χ3v) is 3.63. The lowest BCUT2D eigenvalue weighted by atomic mass is 10.1. The number of carbonyl (C=O) groups excluding carboxylic acids is 1. The van der Waals surface area contributed by atoms with Gasteiger partial charge in [0.1, 0.15) is 23.5 Å². The van der Waals surface area contributed by atoms with Gasteiger partial charge in [0.25, 0.3) is 5.91 Å². The highest BCUT2D eigenvalue weighted by Gasteiger charge is 2.28. The molecule has 0 unspecified atom stereocenters. The molecule has 2 aromatic heterocycles. The molecule has 8 nitrogen and oxygen atoms in total. The van der Waals surface area contributed by atoms with E-state index >= 15 is 0 Å². The van der Waals surface area contributed by atoms with E-state index in [0.717, 1.165) is 0 Å². The summed E-state index contributed by atoms with van der Waals surface area (Å²) in [6, 6.07) is 1.53. The second-order valence-electron chi connectivity index (χ2n) is 5.38. The predicted octanol–water partition coefficient (Wildman–Crippen LogP) is 0.0548. The molecule has 0 radical (unpaired) electrons. The summed E-state index contributed by atoms with van der Waals surface area (Å²) >= 11 is 0. The summed E-state index contributed by atoms with van der Waals surface area (Å²) in [7, 11) is 1.73. The van der Waals surface area contributed by atoms with E-state index in [1.807, 2.05) is 0 Å². The van der Waals surface area contributed by atoms with E-state index in [4.69, 9.17) is 10.5 Å². The summed E-state index contributed by atoms with van der Waals surface area (Å²) in [4.78, 5) is 15.8. The van der Waals surface area contributed by atoms with Gasteiger partial charge in [-0.05, 0) is 19.0 Å². The fraction of sp³-hybridized carbons (Fsp3) is 0.429. The zero-order valence-electron chi connectivity index (χ0n) is 12.6. The van der Waals surface area contributed by atoms with Crippen LogP contribution >= 0.6 is 0 Å². The maximum atomic E-state index is 13.9. The van der Waals surface area contributed by atoms with Gasteiger partial charge in [0, 0.05) is 25.4 Å². The number of hydrogen-bond donors (Lipinski definition) is 2. The van der Waals surface area contributed by atoms with Crippen LogP contribution in [0.25, 0.3) is 11.3 Å². The maximum absolute atomic E-state index is 13.9. The molecule has 1 aliphatic heterocycles. The summed E-state index contributed by atoms with van der Waals surface area (Å²) in [5, 5.41) is 10.7. The van der Waals surface area contributed by atoms with Crippen LogP contribution in [0.1, 0.15) is 16.8 Å². The van der Waals surface area contributed by atoms with Crippen molar-refractivity contribution in [1.29, 1.82) is 0 Å². The normalized spacial score (nSPS) is 21.1. The van der Waals surface area contributed by atoms with Crippen molar-refractivity contribution in [3.63, 3.8) is 0 Å².